The SMILES string of the molecule is CCC1C(c2cc(-n3c4ccccc4c4cc5c6c7ccccc7ccc6n(-c6cccc7ccccc67)c5cc43)cc3ccccc23)=NC(c2ccccc2)=NC1c1ccccc1. The van der Waals surface area contributed by atoms with Gasteiger partial charge in [-0.1, -0.05) is 177 Å². The highest BCUT2D eigenvalue weighted by Crippen LogP contribution is 2.44. The van der Waals surface area contributed by atoms with E-state index >= 15 is 0 Å². The molecule has 2 unspecified atom stereocenters. The summed E-state index contributed by atoms with van der Waals surface area (Å²) < 4.78 is 5.00. The lowest BCUT2D eigenvalue weighted by Crippen LogP contribution is -2.28. The number of hydrogen-bond acceptors (Lipinski definition) is 2. The van der Waals surface area contributed by atoms with Crippen LogP contribution >= 0.6 is 0 Å². The molecule has 3 heterocycles. The standard InChI is InChI=1S/C60H42N4/c1-2-44-58(40-20-5-3-6-21-40)61-60(41-22-7-4-8-23-41)62-59(44)50-35-43(34-42-24-11-12-26-45(42)50)63-53-30-16-15-29-48(53)49-36-51-56(37-55(49)63)64(52-31-17-25-38-18-9-13-27-46(38)52)54-33-32-39-19-10-14-28-47(39)57(51)54/h3-37,44,58H,2H2,1H3. The van der Waals surface area contributed by atoms with Gasteiger partial charge in [-0.3, -0.25) is 4.99 Å². The van der Waals surface area contributed by atoms with Crippen molar-refractivity contribution in [3.8, 4) is 11.4 Å². The highest BCUT2D eigenvalue weighted by atomic mass is 15.0. The van der Waals surface area contributed by atoms with E-state index in [4.69, 9.17) is 9.98 Å². The van der Waals surface area contributed by atoms with E-state index in [2.05, 4.69) is 228 Å². The first-order valence-electron chi connectivity index (χ1n) is 22.4. The number of hydrogen-bond donors (Lipinski definition) is 0. The zero-order chi connectivity index (χ0) is 42.3. The van der Waals surface area contributed by atoms with Crippen molar-refractivity contribution in [1.29, 1.82) is 0 Å². The van der Waals surface area contributed by atoms with E-state index in [1.807, 2.05) is 0 Å². The zero-order valence-corrected chi connectivity index (χ0v) is 35.4. The Bertz CT molecular complexity index is 3880. The maximum Gasteiger partial charge on any atom is 0.155 e. The molecule has 0 saturated heterocycles. The predicted molar refractivity (Wildman–Crippen MR) is 270 cm³/mol. The van der Waals surface area contributed by atoms with Crippen molar-refractivity contribution >= 4 is 87.5 Å². The Morgan fingerprint density at radius 1 is 0.438 bits per heavy atom. The van der Waals surface area contributed by atoms with Crippen LogP contribution in [-0.4, -0.2) is 20.7 Å². The Morgan fingerprint density at radius 2 is 1.08 bits per heavy atom. The molecule has 0 radical (unpaired) electrons. The second-order valence-electron chi connectivity index (χ2n) is 17.2. The minimum absolute atomic E-state index is 0.0671. The number of aliphatic imine (C=N–C) groups is 2. The number of amidine groups is 1. The summed E-state index contributed by atoms with van der Waals surface area (Å²) in [6.45, 7) is 2.28. The van der Waals surface area contributed by atoms with Gasteiger partial charge in [0.25, 0.3) is 0 Å². The van der Waals surface area contributed by atoms with Crippen LogP contribution in [0.1, 0.15) is 36.1 Å². The van der Waals surface area contributed by atoms with Gasteiger partial charge in [-0.15, -0.1) is 0 Å². The smallest absolute Gasteiger partial charge is 0.155 e. The van der Waals surface area contributed by atoms with Gasteiger partial charge in [0.2, 0.25) is 0 Å². The van der Waals surface area contributed by atoms with Crippen LogP contribution < -0.4 is 0 Å². The highest BCUT2D eigenvalue weighted by Gasteiger charge is 2.33. The molecule has 0 bridgehead atoms. The number of para-hydroxylation sites is 1. The molecular formula is C60H42N4. The molecule has 0 amide bonds. The third-order valence-corrected chi connectivity index (χ3v) is 13.7. The summed E-state index contributed by atoms with van der Waals surface area (Å²) in [5.74, 6) is 0.842. The fourth-order valence-electron chi connectivity index (χ4n) is 10.8. The second kappa shape index (κ2) is 14.5. The molecule has 0 aliphatic carbocycles. The van der Waals surface area contributed by atoms with E-state index in [1.165, 1.54) is 81.7 Å². The van der Waals surface area contributed by atoms with Crippen molar-refractivity contribution < 1.29 is 0 Å². The molecule has 2 atom stereocenters. The number of aromatic nitrogens is 2. The van der Waals surface area contributed by atoms with Crippen LogP contribution in [0.25, 0.3) is 87.3 Å². The van der Waals surface area contributed by atoms with Gasteiger partial charge >= 0.3 is 0 Å². The van der Waals surface area contributed by atoms with Crippen LogP contribution in [0.5, 0.6) is 0 Å². The van der Waals surface area contributed by atoms with E-state index < -0.39 is 0 Å². The fraction of sp³-hybridized carbons (Fsp3) is 0.0667. The molecular weight excluding hydrogens is 777 g/mol. The van der Waals surface area contributed by atoms with Gasteiger partial charge in [-0.2, -0.15) is 0 Å². The van der Waals surface area contributed by atoms with E-state index in [1.54, 1.807) is 0 Å². The first kappa shape index (κ1) is 36.6. The normalized spacial score (nSPS) is 15.5. The highest BCUT2D eigenvalue weighted by molar-refractivity contribution is 6.26. The predicted octanol–water partition coefficient (Wildman–Crippen LogP) is 15.4. The van der Waals surface area contributed by atoms with Gasteiger partial charge < -0.3 is 9.13 Å². The van der Waals surface area contributed by atoms with E-state index in [-0.39, 0.29) is 12.0 Å². The summed E-state index contributed by atoms with van der Waals surface area (Å²) in [5, 5.41) is 12.3. The molecule has 1 aliphatic rings. The Kier molecular flexibility index (Phi) is 8.29. The average molecular weight is 819 g/mol. The minimum Gasteiger partial charge on any atom is -0.309 e. The van der Waals surface area contributed by atoms with Crippen LogP contribution in [0.2, 0.25) is 0 Å². The van der Waals surface area contributed by atoms with Crippen molar-refractivity contribution in [1.82, 2.24) is 9.13 Å². The molecule has 0 fully saturated rings. The molecule has 64 heavy (non-hydrogen) atoms. The van der Waals surface area contributed by atoms with Crippen molar-refractivity contribution in [3.63, 3.8) is 0 Å². The van der Waals surface area contributed by atoms with E-state index in [9.17, 15) is 0 Å². The molecule has 13 rings (SSSR count). The number of benzene rings is 10. The summed E-state index contributed by atoms with van der Waals surface area (Å²) in [6, 6.07) is 77.4. The van der Waals surface area contributed by atoms with Gasteiger partial charge in [0.15, 0.2) is 5.84 Å². The number of rotatable bonds is 6. The van der Waals surface area contributed by atoms with Crippen molar-refractivity contribution in [2.75, 3.05) is 0 Å². The maximum atomic E-state index is 5.56. The van der Waals surface area contributed by atoms with Crippen LogP contribution in [0.15, 0.2) is 222 Å². The Balaban J connectivity index is 1.12. The first-order valence-corrected chi connectivity index (χ1v) is 22.4. The van der Waals surface area contributed by atoms with E-state index in [0.717, 1.165) is 40.3 Å². The monoisotopic (exact) mass is 818 g/mol. The van der Waals surface area contributed by atoms with Crippen LogP contribution in [0.3, 0.4) is 0 Å². The summed E-state index contributed by atoms with van der Waals surface area (Å²) in [5.41, 5.74) is 11.4. The molecule has 4 heteroatoms. The summed E-state index contributed by atoms with van der Waals surface area (Å²) >= 11 is 0. The van der Waals surface area contributed by atoms with Crippen molar-refractivity contribution in [3.05, 3.63) is 229 Å². The molecule has 12 aromatic rings. The van der Waals surface area contributed by atoms with E-state index in [0.29, 0.717) is 0 Å². The van der Waals surface area contributed by atoms with Crippen LogP contribution in [0.4, 0.5) is 0 Å². The molecule has 10 aromatic carbocycles. The molecule has 1 aliphatic heterocycles. The average Bonchev–Trinajstić information content (AvgIpc) is 3.87. The molecule has 2 aromatic heterocycles. The molecule has 0 saturated carbocycles. The fourth-order valence-corrected chi connectivity index (χ4v) is 10.8. The molecule has 4 nitrogen and oxygen atoms in total. The maximum absolute atomic E-state index is 5.56. The third-order valence-electron chi connectivity index (χ3n) is 13.7. The van der Waals surface area contributed by atoms with Crippen LogP contribution in [0, 0.1) is 5.92 Å². The summed E-state index contributed by atoms with van der Waals surface area (Å²) in [4.78, 5) is 11.0. The summed E-state index contributed by atoms with van der Waals surface area (Å²) in [7, 11) is 0. The summed E-state index contributed by atoms with van der Waals surface area (Å²) in [6.07, 6.45) is 0.892. The lowest BCUT2D eigenvalue weighted by molar-refractivity contribution is 0.533. The number of fused-ring (bicyclic) bond motifs is 10. The van der Waals surface area contributed by atoms with Gasteiger partial charge in [0.05, 0.1) is 39.5 Å². The molecule has 302 valence electrons. The van der Waals surface area contributed by atoms with Gasteiger partial charge in [0.1, 0.15) is 0 Å². The van der Waals surface area contributed by atoms with Crippen LogP contribution in [-0.2, 0) is 0 Å². The molecule has 0 spiro atoms. The second-order valence-corrected chi connectivity index (χ2v) is 17.2. The first-order chi connectivity index (χ1) is 31.7. The van der Waals surface area contributed by atoms with Gasteiger partial charge in [0, 0.05) is 49.7 Å². The minimum atomic E-state index is -0.0788. The third kappa shape index (κ3) is 5.55. The Hall–Kier alpha value is -8.08. The zero-order valence-electron chi connectivity index (χ0n) is 35.4. The van der Waals surface area contributed by atoms with Crippen molar-refractivity contribution in [2.45, 2.75) is 19.4 Å². The topological polar surface area (TPSA) is 34.6 Å². The lowest BCUT2D eigenvalue weighted by Gasteiger charge is -2.30. The van der Waals surface area contributed by atoms with Gasteiger partial charge in [-0.25, -0.2) is 4.99 Å². The lowest BCUT2D eigenvalue weighted by atomic mass is 9.81. The Morgan fingerprint density at radius 3 is 1.88 bits per heavy atom. The number of nitrogens with zero attached hydrogens (tertiary/aromatic N) is 4. The largest absolute Gasteiger partial charge is 0.309 e. The Labute approximate surface area is 370 Å². The van der Waals surface area contributed by atoms with Crippen molar-refractivity contribution in [2.24, 2.45) is 15.9 Å². The van der Waals surface area contributed by atoms with Gasteiger partial charge in [-0.05, 0) is 81.4 Å². The molecule has 0 N–H and O–H groups in total. The quantitative estimate of drug-likeness (QED) is 0.160.